The monoisotopic (exact) mass is 269 g/mol. The zero-order chi connectivity index (χ0) is 14.0. The van der Waals surface area contributed by atoms with Crippen LogP contribution >= 0.6 is 0 Å². The molecule has 0 bridgehead atoms. The molecule has 0 radical (unpaired) electrons. The third-order valence-electron chi connectivity index (χ3n) is 4.10. The van der Waals surface area contributed by atoms with Crippen LogP contribution in [0.3, 0.4) is 0 Å². The molecule has 3 rings (SSSR count). The molecular formula is C16H19N3O. The Morgan fingerprint density at radius 1 is 1.45 bits per heavy atom. The number of nitriles is 1. The summed E-state index contributed by atoms with van der Waals surface area (Å²) < 4.78 is 7.55. The van der Waals surface area contributed by atoms with Crippen LogP contribution in [0.2, 0.25) is 0 Å². The lowest BCUT2D eigenvalue weighted by molar-refractivity contribution is 0.0220. The average Bonchev–Trinajstić information content (AvgIpc) is 2.86. The van der Waals surface area contributed by atoms with Gasteiger partial charge >= 0.3 is 0 Å². The lowest BCUT2D eigenvalue weighted by Gasteiger charge is -2.29. The molecule has 1 aromatic carbocycles. The molecule has 0 amide bonds. The van der Waals surface area contributed by atoms with Gasteiger partial charge in [0.2, 0.25) is 0 Å². The van der Waals surface area contributed by atoms with E-state index < -0.39 is 5.41 Å². The summed E-state index contributed by atoms with van der Waals surface area (Å²) >= 11 is 0. The van der Waals surface area contributed by atoms with Crippen LogP contribution in [0.25, 0.3) is 10.9 Å². The Balaban J connectivity index is 2.00. The second-order valence-corrected chi connectivity index (χ2v) is 5.50. The lowest BCUT2D eigenvalue weighted by Crippen LogP contribution is -2.32. The molecule has 1 atom stereocenters. The number of hydrogen-bond donors (Lipinski definition) is 0. The molecule has 2 heterocycles. The summed E-state index contributed by atoms with van der Waals surface area (Å²) in [4.78, 5) is 0. The van der Waals surface area contributed by atoms with E-state index in [-0.39, 0.29) is 0 Å². The fourth-order valence-electron chi connectivity index (χ4n) is 3.01. The van der Waals surface area contributed by atoms with Crippen LogP contribution in [0.15, 0.2) is 24.3 Å². The molecule has 4 heteroatoms. The van der Waals surface area contributed by atoms with Gasteiger partial charge in [0.1, 0.15) is 0 Å². The average molecular weight is 269 g/mol. The molecule has 0 saturated carbocycles. The van der Waals surface area contributed by atoms with Gasteiger partial charge < -0.3 is 4.74 Å². The van der Waals surface area contributed by atoms with Gasteiger partial charge in [0.05, 0.1) is 29.3 Å². The van der Waals surface area contributed by atoms with E-state index in [2.05, 4.69) is 25.1 Å². The zero-order valence-electron chi connectivity index (χ0n) is 11.8. The van der Waals surface area contributed by atoms with Crippen molar-refractivity contribution in [3.05, 3.63) is 30.0 Å². The molecule has 104 valence electrons. The van der Waals surface area contributed by atoms with E-state index in [0.29, 0.717) is 13.0 Å². The summed E-state index contributed by atoms with van der Waals surface area (Å²) in [6.45, 7) is 4.23. The first-order valence-electron chi connectivity index (χ1n) is 7.21. The van der Waals surface area contributed by atoms with Gasteiger partial charge in [-0.25, -0.2) is 0 Å². The van der Waals surface area contributed by atoms with Crippen molar-refractivity contribution in [2.24, 2.45) is 5.41 Å². The van der Waals surface area contributed by atoms with Crippen molar-refractivity contribution < 1.29 is 4.74 Å². The van der Waals surface area contributed by atoms with Crippen LogP contribution in [-0.4, -0.2) is 23.0 Å². The Kier molecular flexibility index (Phi) is 3.45. The van der Waals surface area contributed by atoms with E-state index in [9.17, 15) is 5.26 Å². The predicted molar refractivity (Wildman–Crippen MR) is 77.2 cm³/mol. The van der Waals surface area contributed by atoms with Crippen LogP contribution in [0.1, 0.15) is 25.5 Å². The van der Waals surface area contributed by atoms with Gasteiger partial charge in [-0.3, -0.25) is 4.68 Å². The Morgan fingerprint density at radius 3 is 3.00 bits per heavy atom. The summed E-state index contributed by atoms with van der Waals surface area (Å²) in [5.74, 6) is 0. The Hall–Kier alpha value is -1.86. The molecule has 1 fully saturated rings. The van der Waals surface area contributed by atoms with Crippen LogP contribution in [0, 0.1) is 16.7 Å². The van der Waals surface area contributed by atoms with Crippen molar-refractivity contribution >= 4 is 10.9 Å². The summed E-state index contributed by atoms with van der Waals surface area (Å²) in [7, 11) is 0. The summed E-state index contributed by atoms with van der Waals surface area (Å²) in [6.07, 6.45) is 2.54. The summed E-state index contributed by atoms with van der Waals surface area (Å²) in [5.41, 5.74) is 1.76. The van der Waals surface area contributed by atoms with Crippen LogP contribution in [-0.2, 0) is 17.7 Å². The smallest absolute Gasteiger partial charge is 0.0863 e. The molecule has 1 aliphatic heterocycles. The van der Waals surface area contributed by atoms with Gasteiger partial charge in [-0.1, -0.05) is 18.2 Å². The first kappa shape index (κ1) is 13.1. The second kappa shape index (κ2) is 5.26. The van der Waals surface area contributed by atoms with Crippen molar-refractivity contribution in [3.63, 3.8) is 0 Å². The normalized spacial score (nSPS) is 22.8. The Bertz CT molecular complexity index is 647. The number of rotatable bonds is 3. The maximum Gasteiger partial charge on any atom is 0.0863 e. The Morgan fingerprint density at radius 2 is 2.30 bits per heavy atom. The topological polar surface area (TPSA) is 50.8 Å². The standard InChI is InChI=1S/C16H19N3O/c1-2-19-15-7-4-3-6-13(15)14(18-19)10-16(11-17)8-5-9-20-12-16/h3-4,6-7H,2,5,8-10,12H2,1H3. The van der Waals surface area contributed by atoms with Gasteiger partial charge in [-0.15, -0.1) is 0 Å². The first-order valence-corrected chi connectivity index (χ1v) is 7.21. The van der Waals surface area contributed by atoms with E-state index >= 15 is 0 Å². The molecule has 20 heavy (non-hydrogen) atoms. The fraction of sp³-hybridized carbons (Fsp3) is 0.500. The summed E-state index contributed by atoms with van der Waals surface area (Å²) in [5, 5.41) is 15.4. The predicted octanol–water partition coefficient (Wildman–Crippen LogP) is 2.92. The van der Waals surface area contributed by atoms with E-state index in [1.807, 2.05) is 16.8 Å². The van der Waals surface area contributed by atoms with Gasteiger partial charge in [0.15, 0.2) is 0 Å². The van der Waals surface area contributed by atoms with Crippen molar-refractivity contribution in [2.75, 3.05) is 13.2 Å². The number of aromatic nitrogens is 2. The van der Waals surface area contributed by atoms with Crippen LogP contribution in [0.5, 0.6) is 0 Å². The molecule has 0 aliphatic carbocycles. The van der Waals surface area contributed by atoms with Crippen LogP contribution in [0.4, 0.5) is 0 Å². The molecule has 1 unspecified atom stereocenters. The molecule has 2 aromatic rings. The number of para-hydroxylation sites is 1. The summed E-state index contributed by atoms with van der Waals surface area (Å²) in [6, 6.07) is 10.7. The van der Waals surface area contributed by atoms with E-state index in [4.69, 9.17) is 9.84 Å². The molecule has 0 N–H and O–H groups in total. The number of nitrogens with zero attached hydrogens (tertiary/aromatic N) is 3. The SMILES string of the molecule is CCn1nc(CC2(C#N)CCCOC2)c2ccccc21. The maximum absolute atomic E-state index is 9.57. The Labute approximate surface area is 119 Å². The fourth-order valence-corrected chi connectivity index (χ4v) is 3.01. The van der Waals surface area contributed by atoms with Crippen molar-refractivity contribution in [3.8, 4) is 6.07 Å². The zero-order valence-corrected chi connectivity index (χ0v) is 11.8. The largest absolute Gasteiger partial charge is 0.380 e. The molecule has 0 spiro atoms. The minimum atomic E-state index is -0.409. The van der Waals surface area contributed by atoms with Crippen molar-refractivity contribution in [1.82, 2.24) is 9.78 Å². The number of hydrogen-bond acceptors (Lipinski definition) is 3. The van der Waals surface area contributed by atoms with Crippen molar-refractivity contribution in [2.45, 2.75) is 32.7 Å². The van der Waals surface area contributed by atoms with E-state index in [1.54, 1.807) is 0 Å². The maximum atomic E-state index is 9.57. The molecule has 1 saturated heterocycles. The minimum Gasteiger partial charge on any atom is -0.380 e. The third kappa shape index (κ3) is 2.19. The van der Waals surface area contributed by atoms with Gasteiger partial charge in [-0.2, -0.15) is 10.4 Å². The van der Waals surface area contributed by atoms with E-state index in [1.165, 1.54) is 0 Å². The minimum absolute atomic E-state index is 0.409. The highest BCUT2D eigenvalue weighted by Gasteiger charge is 2.34. The number of aryl methyl sites for hydroxylation is 1. The van der Waals surface area contributed by atoms with Gasteiger partial charge in [-0.05, 0) is 25.8 Å². The highest BCUT2D eigenvalue weighted by atomic mass is 16.5. The molecule has 1 aliphatic rings. The quantitative estimate of drug-likeness (QED) is 0.860. The number of ether oxygens (including phenoxy) is 1. The van der Waals surface area contributed by atoms with Crippen LogP contribution < -0.4 is 0 Å². The number of benzene rings is 1. The highest BCUT2D eigenvalue weighted by molar-refractivity contribution is 5.82. The van der Waals surface area contributed by atoms with Gasteiger partial charge in [0, 0.05) is 25.0 Å². The van der Waals surface area contributed by atoms with E-state index in [0.717, 1.165) is 42.6 Å². The molecule has 4 nitrogen and oxygen atoms in total. The van der Waals surface area contributed by atoms with Gasteiger partial charge in [0.25, 0.3) is 0 Å². The first-order chi connectivity index (χ1) is 9.78. The highest BCUT2D eigenvalue weighted by Crippen LogP contribution is 2.33. The van der Waals surface area contributed by atoms with Crippen molar-refractivity contribution in [1.29, 1.82) is 5.26 Å². The molecular weight excluding hydrogens is 250 g/mol. The third-order valence-corrected chi connectivity index (χ3v) is 4.10. The lowest BCUT2D eigenvalue weighted by atomic mass is 9.79. The number of fused-ring (bicyclic) bond motifs is 1. The molecule has 1 aromatic heterocycles. The second-order valence-electron chi connectivity index (χ2n) is 5.50.